The van der Waals surface area contributed by atoms with Crippen molar-refractivity contribution in [1.82, 2.24) is 15.2 Å². The van der Waals surface area contributed by atoms with Crippen molar-refractivity contribution < 1.29 is 14.3 Å². The highest BCUT2D eigenvalue weighted by Crippen LogP contribution is 2.12. The SMILES string of the molecule is CCOC(=O)CNC(=O)N1CCN(c2ccccn2)CC1. The highest BCUT2D eigenvalue weighted by Gasteiger charge is 2.21. The number of ether oxygens (including phenoxy) is 1. The topological polar surface area (TPSA) is 74.8 Å². The van der Waals surface area contributed by atoms with Gasteiger partial charge in [-0.15, -0.1) is 0 Å². The molecule has 0 aromatic carbocycles. The predicted molar refractivity (Wildman–Crippen MR) is 78.1 cm³/mol. The summed E-state index contributed by atoms with van der Waals surface area (Å²) in [4.78, 5) is 31.2. The van der Waals surface area contributed by atoms with Crippen LogP contribution in [0.15, 0.2) is 24.4 Å². The molecule has 21 heavy (non-hydrogen) atoms. The van der Waals surface area contributed by atoms with E-state index in [1.165, 1.54) is 0 Å². The van der Waals surface area contributed by atoms with E-state index in [9.17, 15) is 9.59 Å². The minimum atomic E-state index is -0.419. The van der Waals surface area contributed by atoms with Crippen molar-refractivity contribution >= 4 is 17.8 Å². The van der Waals surface area contributed by atoms with Crippen LogP contribution in [0, 0.1) is 0 Å². The fourth-order valence-corrected chi connectivity index (χ4v) is 2.15. The Morgan fingerprint density at radius 3 is 2.67 bits per heavy atom. The quantitative estimate of drug-likeness (QED) is 0.817. The number of esters is 1. The minimum absolute atomic E-state index is 0.0902. The molecule has 1 N–H and O–H groups in total. The van der Waals surface area contributed by atoms with Crippen LogP contribution < -0.4 is 10.2 Å². The summed E-state index contributed by atoms with van der Waals surface area (Å²) < 4.78 is 4.77. The van der Waals surface area contributed by atoms with Gasteiger partial charge in [0.15, 0.2) is 0 Å². The van der Waals surface area contributed by atoms with E-state index in [1.807, 2.05) is 18.2 Å². The van der Waals surface area contributed by atoms with Crippen LogP contribution in [0.2, 0.25) is 0 Å². The first-order chi connectivity index (χ1) is 10.2. The van der Waals surface area contributed by atoms with E-state index in [0.717, 1.165) is 18.9 Å². The molecule has 1 aliphatic heterocycles. The van der Waals surface area contributed by atoms with Gasteiger partial charge in [-0.25, -0.2) is 9.78 Å². The molecule has 2 heterocycles. The fraction of sp³-hybridized carbons (Fsp3) is 0.500. The maximum absolute atomic E-state index is 11.9. The number of nitrogens with zero attached hydrogens (tertiary/aromatic N) is 3. The molecule has 0 unspecified atom stereocenters. The number of hydrogen-bond acceptors (Lipinski definition) is 5. The molecule has 1 aromatic heterocycles. The first-order valence-corrected chi connectivity index (χ1v) is 7.05. The monoisotopic (exact) mass is 292 g/mol. The summed E-state index contributed by atoms with van der Waals surface area (Å²) in [7, 11) is 0. The highest BCUT2D eigenvalue weighted by atomic mass is 16.5. The molecule has 0 aliphatic carbocycles. The average Bonchev–Trinajstić information content (AvgIpc) is 2.54. The number of rotatable bonds is 4. The molecular formula is C14H20N4O3. The van der Waals surface area contributed by atoms with E-state index in [4.69, 9.17) is 4.74 Å². The Morgan fingerprint density at radius 2 is 2.05 bits per heavy atom. The fourth-order valence-electron chi connectivity index (χ4n) is 2.15. The van der Waals surface area contributed by atoms with Crippen molar-refractivity contribution in [3.63, 3.8) is 0 Å². The molecule has 7 nitrogen and oxygen atoms in total. The number of hydrogen-bond donors (Lipinski definition) is 1. The van der Waals surface area contributed by atoms with Crippen LogP contribution in [0.4, 0.5) is 10.6 Å². The molecule has 2 amide bonds. The second-order valence-electron chi connectivity index (χ2n) is 4.63. The van der Waals surface area contributed by atoms with Crippen LogP contribution in [0.3, 0.4) is 0 Å². The zero-order chi connectivity index (χ0) is 15.1. The Bertz CT molecular complexity index is 472. The summed E-state index contributed by atoms with van der Waals surface area (Å²) in [5.41, 5.74) is 0. The number of pyridine rings is 1. The molecule has 7 heteroatoms. The zero-order valence-electron chi connectivity index (χ0n) is 12.1. The molecule has 1 aliphatic rings. The van der Waals surface area contributed by atoms with Crippen LogP contribution in [0.25, 0.3) is 0 Å². The third-order valence-electron chi connectivity index (χ3n) is 3.23. The molecule has 1 saturated heterocycles. The number of anilines is 1. The third kappa shape index (κ3) is 4.34. The van der Waals surface area contributed by atoms with Crippen LogP contribution in [0.5, 0.6) is 0 Å². The molecule has 2 rings (SSSR count). The van der Waals surface area contributed by atoms with E-state index in [-0.39, 0.29) is 12.6 Å². The lowest BCUT2D eigenvalue weighted by Crippen LogP contribution is -2.52. The van der Waals surface area contributed by atoms with E-state index < -0.39 is 5.97 Å². The number of piperazine rings is 1. The lowest BCUT2D eigenvalue weighted by Gasteiger charge is -2.35. The number of amides is 2. The standard InChI is InChI=1S/C14H20N4O3/c1-2-21-13(19)11-16-14(20)18-9-7-17(8-10-18)12-5-3-4-6-15-12/h3-6H,2,7-11H2,1H3,(H,16,20). The van der Waals surface area contributed by atoms with Gasteiger partial charge in [-0.2, -0.15) is 0 Å². The molecule has 0 bridgehead atoms. The summed E-state index contributed by atoms with van der Waals surface area (Å²) in [6.45, 7) is 4.62. The van der Waals surface area contributed by atoms with Crippen LogP contribution in [-0.4, -0.2) is 61.2 Å². The Kier molecular flexibility index (Phi) is 5.36. The molecule has 114 valence electrons. The van der Waals surface area contributed by atoms with Gasteiger partial charge in [-0.05, 0) is 19.1 Å². The lowest BCUT2D eigenvalue weighted by atomic mass is 10.3. The third-order valence-corrected chi connectivity index (χ3v) is 3.23. The van der Waals surface area contributed by atoms with E-state index >= 15 is 0 Å². The molecule has 0 atom stereocenters. The summed E-state index contributed by atoms with van der Waals surface area (Å²) in [6, 6.07) is 5.54. The zero-order valence-corrected chi connectivity index (χ0v) is 12.1. The Balaban J connectivity index is 1.76. The summed E-state index contributed by atoms with van der Waals surface area (Å²) in [5.74, 6) is 0.502. The van der Waals surface area contributed by atoms with Crippen molar-refractivity contribution in [2.24, 2.45) is 0 Å². The van der Waals surface area contributed by atoms with E-state index in [2.05, 4.69) is 15.2 Å². The molecule has 0 saturated carbocycles. The Morgan fingerprint density at radius 1 is 1.29 bits per heavy atom. The smallest absolute Gasteiger partial charge is 0.325 e. The number of carbonyl (C=O) groups excluding carboxylic acids is 2. The van der Waals surface area contributed by atoms with Crippen LogP contribution in [0.1, 0.15) is 6.92 Å². The Hall–Kier alpha value is -2.31. The van der Waals surface area contributed by atoms with Crippen LogP contribution in [-0.2, 0) is 9.53 Å². The summed E-state index contributed by atoms with van der Waals surface area (Å²) in [6.07, 6.45) is 1.76. The maximum atomic E-state index is 11.9. The highest BCUT2D eigenvalue weighted by molar-refractivity contribution is 5.81. The normalized spacial score (nSPS) is 14.7. The van der Waals surface area contributed by atoms with Gasteiger partial charge < -0.3 is 19.9 Å². The van der Waals surface area contributed by atoms with Gasteiger partial charge in [0.2, 0.25) is 0 Å². The van der Waals surface area contributed by atoms with Gasteiger partial charge in [-0.1, -0.05) is 6.07 Å². The van der Waals surface area contributed by atoms with Gasteiger partial charge >= 0.3 is 12.0 Å². The summed E-state index contributed by atoms with van der Waals surface area (Å²) in [5, 5.41) is 2.57. The number of aromatic nitrogens is 1. The number of urea groups is 1. The Labute approximate surface area is 123 Å². The van der Waals surface area contributed by atoms with Gasteiger partial charge in [0.1, 0.15) is 12.4 Å². The molecular weight excluding hydrogens is 272 g/mol. The average molecular weight is 292 g/mol. The second-order valence-corrected chi connectivity index (χ2v) is 4.63. The maximum Gasteiger partial charge on any atom is 0.325 e. The van der Waals surface area contributed by atoms with Gasteiger partial charge in [0.25, 0.3) is 0 Å². The molecule has 1 fully saturated rings. The van der Waals surface area contributed by atoms with Crippen molar-refractivity contribution in [2.45, 2.75) is 6.92 Å². The van der Waals surface area contributed by atoms with Crippen LogP contribution >= 0.6 is 0 Å². The van der Waals surface area contributed by atoms with Crippen molar-refractivity contribution in [3.8, 4) is 0 Å². The number of carbonyl (C=O) groups is 2. The van der Waals surface area contributed by atoms with E-state index in [1.54, 1.807) is 18.0 Å². The lowest BCUT2D eigenvalue weighted by molar-refractivity contribution is -0.141. The number of nitrogens with one attached hydrogen (secondary N) is 1. The summed E-state index contributed by atoms with van der Waals surface area (Å²) >= 11 is 0. The van der Waals surface area contributed by atoms with Gasteiger partial charge in [0.05, 0.1) is 6.61 Å². The minimum Gasteiger partial charge on any atom is -0.465 e. The second kappa shape index (κ2) is 7.47. The predicted octanol–water partition coefficient (Wildman–Crippen LogP) is 0.476. The molecule has 0 radical (unpaired) electrons. The van der Waals surface area contributed by atoms with Gasteiger partial charge in [-0.3, -0.25) is 4.79 Å². The molecule has 0 spiro atoms. The largest absolute Gasteiger partial charge is 0.465 e. The van der Waals surface area contributed by atoms with E-state index in [0.29, 0.717) is 19.7 Å². The van der Waals surface area contributed by atoms with Gasteiger partial charge in [0, 0.05) is 32.4 Å². The first-order valence-electron chi connectivity index (χ1n) is 7.05. The van der Waals surface area contributed by atoms with Crippen molar-refractivity contribution in [3.05, 3.63) is 24.4 Å². The molecule has 1 aromatic rings. The van der Waals surface area contributed by atoms with Crippen molar-refractivity contribution in [2.75, 3.05) is 44.2 Å². The van der Waals surface area contributed by atoms with Crippen molar-refractivity contribution in [1.29, 1.82) is 0 Å². The first kappa shape index (κ1) is 15.1.